The lowest BCUT2D eigenvalue weighted by Crippen LogP contribution is -2.37. The number of halogens is 2. The van der Waals surface area contributed by atoms with Gasteiger partial charge in [0, 0.05) is 22.3 Å². The number of amides is 1. The normalized spacial score (nSPS) is 14.3. The third kappa shape index (κ3) is 6.33. The van der Waals surface area contributed by atoms with Crippen molar-refractivity contribution in [3.8, 4) is 0 Å². The lowest BCUT2D eigenvalue weighted by Gasteiger charge is -2.22. The van der Waals surface area contributed by atoms with Gasteiger partial charge in [-0.1, -0.05) is 47.5 Å². The van der Waals surface area contributed by atoms with Crippen LogP contribution in [0.5, 0.6) is 0 Å². The zero-order valence-corrected chi connectivity index (χ0v) is 22.4. The summed E-state index contributed by atoms with van der Waals surface area (Å²) in [4.78, 5) is 25.3. The van der Waals surface area contributed by atoms with Crippen molar-refractivity contribution in [3.05, 3.63) is 94.0 Å². The van der Waals surface area contributed by atoms with E-state index in [2.05, 4.69) is 5.32 Å². The minimum atomic E-state index is -4.02. The lowest BCUT2D eigenvalue weighted by molar-refractivity contribution is -0.146. The molecule has 194 valence electrons. The summed E-state index contributed by atoms with van der Waals surface area (Å²) in [6, 6.07) is 19.5. The first-order valence-electron chi connectivity index (χ1n) is 11.7. The average Bonchev–Trinajstić information content (AvgIpc) is 3.68. The summed E-state index contributed by atoms with van der Waals surface area (Å²) in [7, 11) is -4.02. The molecule has 1 saturated carbocycles. The minimum absolute atomic E-state index is 0.0247. The summed E-state index contributed by atoms with van der Waals surface area (Å²) in [5.41, 5.74) is 1.38. The van der Waals surface area contributed by atoms with E-state index in [0.717, 1.165) is 22.7 Å². The second-order valence-electron chi connectivity index (χ2n) is 8.78. The van der Waals surface area contributed by atoms with E-state index in [4.69, 9.17) is 27.9 Å². The number of esters is 1. The molecule has 0 aliphatic heterocycles. The van der Waals surface area contributed by atoms with Crippen molar-refractivity contribution < 1.29 is 22.7 Å². The Bertz CT molecular complexity index is 1370. The van der Waals surface area contributed by atoms with Gasteiger partial charge in [0.2, 0.25) is 15.9 Å². The van der Waals surface area contributed by atoms with Crippen molar-refractivity contribution in [1.29, 1.82) is 0 Å². The standard InChI is InChI=1S/C27H26Cl2N2O5S/c1-2-36-26(33)27(15-16-27)20-5-11-23(12-6-20)30-25(32)18-31(17-19-3-7-21(28)8-4-19)37(34,35)24-13-9-22(29)10-14-24/h3-14H,2,15-18H2,1H3,(H,30,32). The topological polar surface area (TPSA) is 92.8 Å². The highest BCUT2D eigenvalue weighted by Gasteiger charge is 2.52. The van der Waals surface area contributed by atoms with Gasteiger partial charge in [-0.05, 0) is 79.4 Å². The van der Waals surface area contributed by atoms with E-state index in [9.17, 15) is 18.0 Å². The number of anilines is 1. The zero-order valence-electron chi connectivity index (χ0n) is 20.1. The molecule has 0 atom stereocenters. The molecule has 0 unspecified atom stereocenters. The van der Waals surface area contributed by atoms with Crippen LogP contribution in [0.25, 0.3) is 0 Å². The Balaban J connectivity index is 1.51. The quantitative estimate of drug-likeness (QED) is 0.334. The molecule has 1 aliphatic carbocycles. The number of benzene rings is 3. The fourth-order valence-electron chi connectivity index (χ4n) is 4.01. The van der Waals surface area contributed by atoms with Gasteiger partial charge in [0.25, 0.3) is 0 Å². The summed E-state index contributed by atoms with van der Waals surface area (Å²) in [5.74, 6) is -0.747. The molecule has 1 N–H and O–H groups in total. The Morgan fingerprint density at radius 3 is 2.03 bits per heavy atom. The SMILES string of the molecule is CCOC(=O)C1(c2ccc(NC(=O)CN(Cc3ccc(Cl)cc3)S(=O)(=O)c3ccc(Cl)cc3)cc2)CC1. The Labute approximate surface area is 226 Å². The summed E-state index contributed by atoms with van der Waals surface area (Å²) >= 11 is 11.9. The van der Waals surface area contributed by atoms with Crippen LogP contribution in [-0.2, 0) is 36.3 Å². The number of hydrogen-bond donors (Lipinski definition) is 1. The predicted octanol–water partition coefficient (Wildman–Crippen LogP) is 5.42. The highest BCUT2D eigenvalue weighted by molar-refractivity contribution is 7.89. The average molecular weight is 561 g/mol. The molecule has 0 saturated heterocycles. The van der Waals surface area contributed by atoms with Crippen LogP contribution in [-0.4, -0.2) is 37.8 Å². The minimum Gasteiger partial charge on any atom is -0.465 e. The Morgan fingerprint density at radius 1 is 0.919 bits per heavy atom. The molecule has 0 radical (unpaired) electrons. The Morgan fingerprint density at radius 2 is 1.49 bits per heavy atom. The number of nitrogens with one attached hydrogen (secondary N) is 1. The fraction of sp³-hybridized carbons (Fsp3) is 0.259. The molecule has 0 bridgehead atoms. The molecule has 1 aliphatic rings. The maximum Gasteiger partial charge on any atom is 0.316 e. The molecule has 3 aromatic carbocycles. The number of sulfonamides is 1. The molecule has 0 aromatic heterocycles. The van der Waals surface area contributed by atoms with Gasteiger partial charge in [-0.3, -0.25) is 9.59 Å². The Hall–Kier alpha value is -2.91. The molecule has 37 heavy (non-hydrogen) atoms. The molecule has 1 amide bonds. The van der Waals surface area contributed by atoms with Crippen LogP contribution >= 0.6 is 23.2 Å². The first kappa shape index (κ1) is 27.1. The van der Waals surface area contributed by atoms with Gasteiger partial charge in [-0.2, -0.15) is 4.31 Å². The van der Waals surface area contributed by atoms with E-state index in [-0.39, 0.29) is 17.4 Å². The predicted molar refractivity (Wildman–Crippen MR) is 143 cm³/mol. The van der Waals surface area contributed by atoms with E-state index in [1.165, 1.54) is 24.3 Å². The van der Waals surface area contributed by atoms with Crippen molar-refractivity contribution in [2.24, 2.45) is 0 Å². The van der Waals surface area contributed by atoms with Gasteiger partial charge in [0.1, 0.15) is 0 Å². The van der Waals surface area contributed by atoms with E-state index in [1.807, 2.05) is 0 Å². The number of nitrogens with zero attached hydrogens (tertiary/aromatic N) is 1. The summed E-state index contributed by atoms with van der Waals surface area (Å²) in [6.45, 7) is 1.65. The maximum absolute atomic E-state index is 13.4. The molecule has 10 heteroatoms. The van der Waals surface area contributed by atoms with Crippen molar-refractivity contribution in [1.82, 2.24) is 4.31 Å². The largest absolute Gasteiger partial charge is 0.465 e. The van der Waals surface area contributed by atoms with Crippen molar-refractivity contribution in [2.75, 3.05) is 18.5 Å². The smallest absolute Gasteiger partial charge is 0.316 e. The van der Waals surface area contributed by atoms with Crippen LogP contribution in [0.15, 0.2) is 77.7 Å². The van der Waals surface area contributed by atoms with E-state index >= 15 is 0 Å². The van der Waals surface area contributed by atoms with Crippen LogP contribution in [0, 0.1) is 0 Å². The molecule has 1 fully saturated rings. The van der Waals surface area contributed by atoms with Crippen LogP contribution < -0.4 is 5.32 Å². The molecular formula is C27H26Cl2N2O5S. The second-order valence-corrected chi connectivity index (χ2v) is 11.6. The summed E-state index contributed by atoms with van der Waals surface area (Å²) in [5, 5.41) is 3.67. The highest BCUT2D eigenvalue weighted by atomic mass is 35.5. The summed E-state index contributed by atoms with van der Waals surface area (Å²) in [6.07, 6.45) is 1.44. The van der Waals surface area contributed by atoms with E-state index in [0.29, 0.717) is 27.9 Å². The fourth-order valence-corrected chi connectivity index (χ4v) is 5.65. The zero-order chi connectivity index (χ0) is 26.6. The number of carbonyl (C=O) groups is 2. The van der Waals surface area contributed by atoms with Crippen molar-refractivity contribution in [2.45, 2.75) is 36.6 Å². The number of ether oxygens (including phenoxy) is 1. The van der Waals surface area contributed by atoms with Gasteiger partial charge in [-0.25, -0.2) is 8.42 Å². The molecule has 7 nitrogen and oxygen atoms in total. The lowest BCUT2D eigenvalue weighted by atomic mass is 9.96. The molecular weight excluding hydrogens is 535 g/mol. The van der Waals surface area contributed by atoms with E-state index in [1.54, 1.807) is 55.5 Å². The van der Waals surface area contributed by atoms with Gasteiger partial charge in [0.15, 0.2) is 0 Å². The number of carbonyl (C=O) groups excluding carboxylic acids is 2. The maximum atomic E-state index is 13.4. The first-order valence-corrected chi connectivity index (χ1v) is 13.9. The van der Waals surface area contributed by atoms with Gasteiger partial charge >= 0.3 is 5.97 Å². The molecule has 4 rings (SSSR count). The van der Waals surface area contributed by atoms with Crippen LogP contribution in [0.4, 0.5) is 5.69 Å². The van der Waals surface area contributed by atoms with Gasteiger partial charge in [-0.15, -0.1) is 0 Å². The molecule has 0 spiro atoms. The summed E-state index contributed by atoms with van der Waals surface area (Å²) < 4.78 is 33.1. The number of hydrogen-bond acceptors (Lipinski definition) is 5. The third-order valence-corrected chi connectivity index (χ3v) is 8.49. The van der Waals surface area contributed by atoms with Gasteiger partial charge < -0.3 is 10.1 Å². The van der Waals surface area contributed by atoms with Crippen LogP contribution in [0.2, 0.25) is 10.0 Å². The first-order chi connectivity index (χ1) is 17.6. The Kier molecular flexibility index (Phi) is 8.23. The van der Waals surface area contributed by atoms with Crippen LogP contribution in [0.3, 0.4) is 0 Å². The van der Waals surface area contributed by atoms with Gasteiger partial charge in [0.05, 0.1) is 23.5 Å². The molecule has 3 aromatic rings. The molecule has 0 heterocycles. The second kappa shape index (κ2) is 11.2. The highest BCUT2D eigenvalue weighted by Crippen LogP contribution is 2.49. The number of rotatable bonds is 10. The van der Waals surface area contributed by atoms with Crippen LogP contribution in [0.1, 0.15) is 30.9 Å². The monoisotopic (exact) mass is 560 g/mol. The van der Waals surface area contributed by atoms with Crippen molar-refractivity contribution in [3.63, 3.8) is 0 Å². The van der Waals surface area contributed by atoms with E-state index < -0.39 is 27.9 Å². The third-order valence-electron chi connectivity index (χ3n) is 6.18. The van der Waals surface area contributed by atoms with Crippen molar-refractivity contribution >= 4 is 50.8 Å².